The van der Waals surface area contributed by atoms with Gasteiger partial charge < -0.3 is 10.2 Å². The molecule has 2 rings (SSSR count). The van der Waals surface area contributed by atoms with Crippen LogP contribution in [0.1, 0.15) is 62.9 Å². The lowest BCUT2D eigenvalue weighted by Gasteiger charge is -2.35. The first kappa shape index (κ1) is 21.8. The first-order valence-electron chi connectivity index (χ1n) is 10.1. The van der Waals surface area contributed by atoms with Crippen LogP contribution >= 0.6 is 11.8 Å². The quantitative estimate of drug-likeness (QED) is 0.669. The van der Waals surface area contributed by atoms with Gasteiger partial charge in [0.25, 0.3) is 5.91 Å². The number of hydrogen-bond donors (Lipinski definition) is 1. The fraction of sp³-hybridized carbons (Fsp3) is 0.636. The fourth-order valence-corrected chi connectivity index (χ4v) is 4.63. The summed E-state index contributed by atoms with van der Waals surface area (Å²) < 4.78 is 0. The average molecular weight is 391 g/mol. The summed E-state index contributed by atoms with van der Waals surface area (Å²) in [5.41, 5.74) is 2.38. The van der Waals surface area contributed by atoms with Crippen LogP contribution in [0.2, 0.25) is 0 Å². The molecule has 0 aromatic heterocycles. The maximum Gasteiger partial charge on any atom is 0.253 e. The highest BCUT2D eigenvalue weighted by molar-refractivity contribution is 8.00. The third kappa shape index (κ3) is 6.27. The molecule has 0 radical (unpaired) electrons. The third-order valence-electron chi connectivity index (χ3n) is 5.13. The lowest BCUT2D eigenvalue weighted by atomic mass is 9.91. The Labute approximate surface area is 168 Å². The molecule has 1 saturated heterocycles. The molecule has 1 heterocycles. The summed E-state index contributed by atoms with van der Waals surface area (Å²) in [7, 11) is 0. The first-order chi connectivity index (χ1) is 12.8. The molecule has 0 spiro atoms. The van der Waals surface area contributed by atoms with E-state index in [1.54, 1.807) is 11.8 Å². The van der Waals surface area contributed by atoms with Crippen molar-refractivity contribution in [2.24, 2.45) is 11.8 Å². The lowest BCUT2D eigenvalue weighted by Crippen LogP contribution is -2.42. The van der Waals surface area contributed by atoms with Crippen LogP contribution < -0.4 is 5.32 Å². The van der Waals surface area contributed by atoms with E-state index in [0.29, 0.717) is 17.4 Å². The standard InChI is InChI=1S/C22H34N2O2S/c1-6-7-10-27-18(5)21(25)23-20-12-19(9-8-17(20)4)22(26)24-13-15(2)11-16(3)14-24/h8-9,12,15-16,18H,6-7,10-11,13-14H2,1-5H3,(H,23,25). The van der Waals surface area contributed by atoms with E-state index in [4.69, 9.17) is 0 Å². The number of aryl methyl sites for hydroxylation is 1. The molecule has 4 nitrogen and oxygen atoms in total. The van der Waals surface area contributed by atoms with Gasteiger partial charge in [0.1, 0.15) is 0 Å². The average Bonchev–Trinajstić information content (AvgIpc) is 2.62. The van der Waals surface area contributed by atoms with Crippen LogP contribution in [0.4, 0.5) is 5.69 Å². The minimum Gasteiger partial charge on any atom is -0.338 e. The van der Waals surface area contributed by atoms with Crippen molar-refractivity contribution in [1.29, 1.82) is 0 Å². The van der Waals surface area contributed by atoms with Crippen molar-refractivity contribution in [3.63, 3.8) is 0 Å². The predicted molar refractivity (Wildman–Crippen MR) is 115 cm³/mol. The number of likely N-dealkylation sites (tertiary alicyclic amines) is 1. The molecule has 1 aliphatic heterocycles. The molecule has 3 unspecified atom stereocenters. The van der Waals surface area contributed by atoms with Crippen molar-refractivity contribution >= 4 is 29.3 Å². The van der Waals surface area contributed by atoms with Gasteiger partial charge in [-0.15, -0.1) is 11.8 Å². The molecule has 1 aliphatic rings. The maximum atomic E-state index is 13.0. The van der Waals surface area contributed by atoms with Crippen LogP contribution in [0, 0.1) is 18.8 Å². The molecule has 150 valence electrons. The summed E-state index contributed by atoms with van der Waals surface area (Å²) in [5, 5.41) is 2.92. The number of piperidine rings is 1. The Morgan fingerprint density at radius 1 is 1.26 bits per heavy atom. The Hall–Kier alpha value is -1.49. The minimum atomic E-state index is -0.0981. The summed E-state index contributed by atoms with van der Waals surface area (Å²) >= 11 is 1.68. The molecule has 3 atom stereocenters. The number of carbonyl (C=O) groups excluding carboxylic acids is 2. The normalized spacial score (nSPS) is 21.0. The SMILES string of the molecule is CCCCSC(C)C(=O)Nc1cc(C(=O)N2CC(C)CC(C)C2)ccc1C. The van der Waals surface area contributed by atoms with E-state index in [2.05, 4.69) is 26.1 Å². The molecule has 0 aliphatic carbocycles. The second kappa shape index (κ2) is 10.2. The second-order valence-corrected chi connectivity index (χ2v) is 9.49. The molecule has 5 heteroatoms. The molecule has 1 N–H and O–H groups in total. The smallest absolute Gasteiger partial charge is 0.253 e. The number of rotatable bonds is 7. The van der Waals surface area contributed by atoms with Gasteiger partial charge in [0.2, 0.25) is 5.91 Å². The number of thioether (sulfide) groups is 1. The number of hydrogen-bond acceptors (Lipinski definition) is 3. The zero-order chi connectivity index (χ0) is 20.0. The Balaban J connectivity index is 2.06. The van der Waals surface area contributed by atoms with E-state index < -0.39 is 0 Å². The molecule has 27 heavy (non-hydrogen) atoms. The van der Waals surface area contributed by atoms with Crippen LogP contribution in [-0.2, 0) is 4.79 Å². The third-order valence-corrected chi connectivity index (χ3v) is 6.37. The van der Waals surface area contributed by atoms with Crippen LogP contribution in [0.15, 0.2) is 18.2 Å². The highest BCUT2D eigenvalue weighted by Crippen LogP contribution is 2.25. The van der Waals surface area contributed by atoms with E-state index >= 15 is 0 Å². The Morgan fingerprint density at radius 3 is 2.56 bits per heavy atom. The minimum absolute atomic E-state index is 0.00372. The molecule has 0 saturated carbocycles. The van der Waals surface area contributed by atoms with Crippen LogP contribution in [0.25, 0.3) is 0 Å². The van der Waals surface area contributed by atoms with Gasteiger partial charge in [0, 0.05) is 24.3 Å². The molecule has 2 amide bonds. The Bertz CT molecular complexity index is 652. The second-order valence-electron chi connectivity index (χ2n) is 8.04. The van der Waals surface area contributed by atoms with Gasteiger partial charge in [0.15, 0.2) is 0 Å². The van der Waals surface area contributed by atoms with Gasteiger partial charge in [-0.2, -0.15) is 0 Å². The van der Waals surface area contributed by atoms with E-state index in [0.717, 1.165) is 42.9 Å². The van der Waals surface area contributed by atoms with E-state index in [1.807, 2.05) is 36.9 Å². The molecular weight excluding hydrogens is 356 g/mol. The largest absolute Gasteiger partial charge is 0.338 e. The Morgan fingerprint density at radius 2 is 1.93 bits per heavy atom. The molecule has 1 aromatic carbocycles. The maximum absolute atomic E-state index is 13.0. The van der Waals surface area contributed by atoms with Crippen molar-refractivity contribution < 1.29 is 9.59 Å². The van der Waals surface area contributed by atoms with Gasteiger partial charge in [-0.3, -0.25) is 9.59 Å². The fourth-order valence-electron chi connectivity index (χ4n) is 3.62. The summed E-state index contributed by atoms with van der Waals surface area (Å²) in [6.07, 6.45) is 3.43. The summed E-state index contributed by atoms with van der Waals surface area (Å²) in [6.45, 7) is 12.1. The van der Waals surface area contributed by atoms with Crippen molar-refractivity contribution in [2.45, 2.75) is 59.1 Å². The topological polar surface area (TPSA) is 49.4 Å². The van der Waals surface area contributed by atoms with Crippen molar-refractivity contribution in [3.05, 3.63) is 29.3 Å². The highest BCUT2D eigenvalue weighted by Gasteiger charge is 2.26. The predicted octanol–water partition coefficient (Wildman–Crippen LogP) is 4.97. The number of anilines is 1. The first-order valence-corrected chi connectivity index (χ1v) is 11.2. The summed E-state index contributed by atoms with van der Waals surface area (Å²) in [6, 6.07) is 5.63. The van der Waals surface area contributed by atoms with Crippen molar-refractivity contribution in [1.82, 2.24) is 4.90 Å². The summed E-state index contributed by atoms with van der Waals surface area (Å²) in [5.74, 6) is 2.12. The van der Waals surface area contributed by atoms with Crippen LogP contribution in [0.5, 0.6) is 0 Å². The van der Waals surface area contributed by atoms with E-state index in [9.17, 15) is 9.59 Å². The molecular formula is C22H34N2O2S. The van der Waals surface area contributed by atoms with Crippen molar-refractivity contribution in [2.75, 3.05) is 24.2 Å². The van der Waals surface area contributed by atoms with Gasteiger partial charge >= 0.3 is 0 Å². The number of amides is 2. The van der Waals surface area contributed by atoms with Crippen molar-refractivity contribution in [3.8, 4) is 0 Å². The lowest BCUT2D eigenvalue weighted by molar-refractivity contribution is -0.115. The molecule has 1 fully saturated rings. The number of nitrogens with zero attached hydrogens (tertiary/aromatic N) is 1. The molecule has 0 bridgehead atoms. The number of nitrogens with one attached hydrogen (secondary N) is 1. The monoisotopic (exact) mass is 390 g/mol. The zero-order valence-corrected chi connectivity index (χ0v) is 18.2. The van der Waals surface area contributed by atoms with Gasteiger partial charge in [-0.25, -0.2) is 0 Å². The number of benzene rings is 1. The summed E-state index contributed by atoms with van der Waals surface area (Å²) in [4.78, 5) is 27.4. The number of unbranched alkanes of at least 4 members (excludes halogenated alkanes) is 1. The van der Waals surface area contributed by atoms with Gasteiger partial charge in [-0.1, -0.05) is 33.3 Å². The highest BCUT2D eigenvalue weighted by atomic mass is 32.2. The Kier molecular flexibility index (Phi) is 8.21. The molecule has 1 aromatic rings. The van der Waals surface area contributed by atoms with E-state index in [-0.39, 0.29) is 17.1 Å². The van der Waals surface area contributed by atoms with E-state index in [1.165, 1.54) is 6.42 Å². The van der Waals surface area contributed by atoms with Crippen LogP contribution in [0.3, 0.4) is 0 Å². The zero-order valence-electron chi connectivity index (χ0n) is 17.4. The van der Waals surface area contributed by atoms with Gasteiger partial charge in [0.05, 0.1) is 5.25 Å². The van der Waals surface area contributed by atoms with Crippen LogP contribution in [-0.4, -0.2) is 40.8 Å². The number of carbonyl (C=O) groups is 2. The van der Waals surface area contributed by atoms with Gasteiger partial charge in [-0.05, 0) is 62.0 Å².